The number of amides is 1. The summed E-state index contributed by atoms with van der Waals surface area (Å²) in [6, 6.07) is 0.849. The Morgan fingerprint density at radius 1 is 1.10 bits per heavy atom. The van der Waals surface area contributed by atoms with E-state index in [1.807, 2.05) is 6.92 Å². The molecule has 2 aliphatic heterocycles. The summed E-state index contributed by atoms with van der Waals surface area (Å²) < 4.78 is 0. The van der Waals surface area contributed by atoms with Crippen LogP contribution in [-0.2, 0) is 4.79 Å². The van der Waals surface area contributed by atoms with Crippen LogP contribution >= 0.6 is 24.8 Å². The van der Waals surface area contributed by atoms with Crippen LogP contribution < -0.4 is 5.73 Å². The van der Waals surface area contributed by atoms with E-state index in [1.54, 1.807) is 0 Å². The Morgan fingerprint density at radius 3 is 2.38 bits per heavy atom. The summed E-state index contributed by atoms with van der Waals surface area (Å²) in [5.74, 6) is 0.305. The van der Waals surface area contributed by atoms with Crippen molar-refractivity contribution in [3.8, 4) is 0 Å². The van der Waals surface area contributed by atoms with Gasteiger partial charge in [-0.15, -0.1) is 24.8 Å². The molecule has 0 saturated carbocycles. The smallest absolute Gasteiger partial charge is 0.222 e. The molecule has 2 unspecified atom stereocenters. The molecule has 0 bridgehead atoms. The number of hydrogen-bond donors (Lipinski definition) is 1. The maximum Gasteiger partial charge on any atom is 0.222 e. The minimum absolute atomic E-state index is 0. The van der Waals surface area contributed by atoms with Crippen molar-refractivity contribution in [3.05, 3.63) is 0 Å². The van der Waals surface area contributed by atoms with Gasteiger partial charge in [0.1, 0.15) is 0 Å². The second kappa shape index (κ2) is 10.7. The molecule has 2 rings (SSSR count). The first-order valence-electron chi connectivity index (χ1n) is 7.94. The average molecular weight is 340 g/mol. The molecular formula is C15H31Cl2N3O. The highest BCUT2D eigenvalue weighted by atomic mass is 35.5. The van der Waals surface area contributed by atoms with E-state index < -0.39 is 0 Å². The standard InChI is InChI=1S/C15H29N3O.2ClH/c1-13(16)6-7-15(19)18-11-4-5-14(8-12-18)17-9-2-3-10-17;;/h13-14H,2-12,16H2,1H3;2*1H. The van der Waals surface area contributed by atoms with Crippen molar-refractivity contribution in [2.75, 3.05) is 26.2 Å². The summed E-state index contributed by atoms with van der Waals surface area (Å²) in [4.78, 5) is 16.8. The maximum absolute atomic E-state index is 12.1. The second-order valence-corrected chi connectivity index (χ2v) is 6.22. The van der Waals surface area contributed by atoms with Crippen molar-refractivity contribution in [2.45, 2.75) is 64.0 Å². The first-order chi connectivity index (χ1) is 9.16. The van der Waals surface area contributed by atoms with E-state index in [1.165, 1.54) is 32.4 Å². The van der Waals surface area contributed by atoms with Gasteiger partial charge in [0.25, 0.3) is 0 Å². The number of carbonyl (C=O) groups is 1. The molecule has 6 heteroatoms. The number of likely N-dealkylation sites (tertiary alicyclic amines) is 2. The molecule has 1 amide bonds. The van der Waals surface area contributed by atoms with E-state index in [2.05, 4.69) is 9.80 Å². The summed E-state index contributed by atoms with van der Waals surface area (Å²) in [5, 5.41) is 0. The van der Waals surface area contributed by atoms with Gasteiger partial charge in [-0.3, -0.25) is 4.79 Å². The lowest BCUT2D eigenvalue weighted by Gasteiger charge is -2.26. The van der Waals surface area contributed by atoms with Crippen molar-refractivity contribution in [2.24, 2.45) is 5.73 Å². The van der Waals surface area contributed by atoms with E-state index in [4.69, 9.17) is 5.73 Å². The van der Waals surface area contributed by atoms with Crippen molar-refractivity contribution >= 4 is 30.7 Å². The highest BCUT2D eigenvalue weighted by molar-refractivity contribution is 5.85. The molecule has 21 heavy (non-hydrogen) atoms. The molecule has 126 valence electrons. The van der Waals surface area contributed by atoms with E-state index >= 15 is 0 Å². The van der Waals surface area contributed by atoms with Crippen LogP contribution in [0.4, 0.5) is 0 Å². The third-order valence-corrected chi connectivity index (χ3v) is 4.52. The molecule has 0 aromatic heterocycles. The first-order valence-corrected chi connectivity index (χ1v) is 7.94. The van der Waals surface area contributed by atoms with Gasteiger partial charge in [0.2, 0.25) is 5.91 Å². The highest BCUT2D eigenvalue weighted by Gasteiger charge is 2.26. The Labute approximate surface area is 141 Å². The number of rotatable bonds is 4. The first kappa shape index (κ1) is 21.0. The highest BCUT2D eigenvalue weighted by Crippen LogP contribution is 2.21. The van der Waals surface area contributed by atoms with E-state index in [-0.39, 0.29) is 30.9 Å². The lowest BCUT2D eigenvalue weighted by Crippen LogP contribution is -2.35. The van der Waals surface area contributed by atoms with E-state index in [0.29, 0.717) is 18.4 Å². The molecule has 2 N–H and O–H groups in total. The Balaban J connectivity index is 0.00000200. The van der Waals surface area contributed by atoms with Gasteiger partial charge in [0.05, 0.1) is 0 Å². The topological polar surface area (TPSA) is 49.6 Å². The molecule has 2 heterocycles. The summed E-state index contributed by atoms with van der Waals surface area (Å²) >= 11 is 0. The predicted molar refractivity (Wildman–Crippen MR) is 92.4 cm³/mol. The number of carbonyl (C=O) groups excluding carboxylic acids is 1. The zero-order valence-electron chi connectivity index (χ0n) is 13.1. The summed E-state index contributed by atoms with van der Waals surface area (Å²) in [5.41, 5.74) is 5.73. The Morgan fingerprint density at radius 2 is 1.76 bits per heavy atom. The fourth-order valence-corrected chi connectivity index (χ4v) is 3.31. The zero-order chi connectivity index (χ0) is 13.7. The van der Waals surface area contributed by atoms with E-state index in [9.17, 15) is 4.79 Å². The van der Waals surface area contributed by atoms with Crippen LogP contribution in [-0.4, -0.2) is 54.0 Å². The lowest BCUT2D eigenvalue weighted by molar-refractivity contribution is -0.131. The third-order valence-electron chi connectivity index (χ3n) is 4.52. The Kier molecular flexibility index (Phi) is 10.6. The molecule has 4 nitrogen and oxygen atoms in total. The molecular weight excluding hydrogens is 309 g/mol. The third kappa shape index (κ3) is 6.72. The quantitative estimate of drug-likeness (QED) is 0.855. The van der Waals surface area contributed by atoms with Crippen molar-refractivity contribution in [3.63, 3.8) is 0 Å². The van der Waals surface area contributed by atoms with Crippen LogP contribution in [0.15, 0.2) is 0 Å². The van der Waals surface area contributed by atoms with Gasteiger partial charge in [0, 0.05) is 31.6 Å². The molecule has 0 aromatic rings. The molecule has 2 fully saturated rings. The lowest BCUT2D eigenvalue weighted by atomic mass is 10.1. The van der Waals surface area contributed by atoms with Crippen LogP contribution in [0.1, 0.15) is 51.9 Å². The fraction of sp³-hybridized carbons (Fsp3) is 0.933. The van der Waals surface area contributed by atoms with Crippen LogP contribution in [0.2, 0.25) is 0 Å². The van der Waals surface area contributed by atoms with Crippen LogP contribution in [0.25, 0.3) is 0 Å². The van der Waals surface area contributed by atoms with E-state index in [0.717, 1.165) is 32.4 Å². The summed E-state index contributed by atoms with van der Waals surface area (Å²) in [6.07, 6.45) is 7.71. The molecule has 0 aliphatic carbocycles. The van der Waals surface area contributed by atoms with Gasteiger partial charge in [-0.05, 0) is 58.5 Å². The number of nitrogens with two attached hydrogens (primary N) is 1. The van der Waals surface area contributed by atoms with Gasteiger partial charge in [0.15, 0.2) is 0 Å². The fourth-order valence-electron chi connectivity index (χ4n) is 3.31. The van der Waals surface area contributed by atoms with Crippen LogP contribution in [0.5, 0.6) is 0 Å². The SMILES string of the molecule is CC(N)CCC(=O)N1CCCC(N2CCCC2)CC1.Cl.Cl. The molecule has 0 radical (unpaired) electrons. The summed E-state index contributed by atoms with van der Waals surface area (Å²) in [6.45, 7) is 6.40. The number of hydrogen-bond acceptors (Lipinski definition) is 3. The zero-order valence-corrected chi connectivity index (χ0v) is 14.8. The van der Waals surface area contributed by atoms with Gasteiger partial charge in [-0.1, -0.05) is 0 Å². The van der Waals surface area contributed by atoms with Gasteiger partial charge in [-0.25, -0.2) is 0 Å². The molecule has 2 aliphatic rings. The maximum atomic E-state index is 12.1. The normalized spacial score (nSPS) is 24.7. The van der Waals surface area contributed by atoms with Gasteiger partial charge < -0.3 is 15.5 Å². The molecule has 0 aromatic carbocycles. The van der Waals surface area contributed by atoms with Crippen molar-refractivity contribution in [1.82, 2.24) is 9.80 Å². The average Bonchev–Trinajstić information content (AvgIpc) is 2.80. The summed E-state index contributed by atoms with van der Waals surface area (Å²) in [7, 11) is 0. The van der Waals surface area contributed by atoms with Gasteiger partial charge >= 0.3 is 0 Å². The predicted octanol–water partition coefficient (Wildman–Crippen LogP) is 2.43. The van der Waals surface area contributed by atoms with Crippen LogP contribution in [0.3, 0.4) is 0 Å². The van der Waals surface area contributed by atoms with Crippen molar-refractivity contribution < 1.29 is 4.79 Å². The minimum atomic E-state index is 0. The number of halogens is 2. The molecule has 2 saturated heterocycles. The van der Waals surface area contributed by atoms with Crippen molar-refractivity contribution in [1.29, 1.82) is 0 Å². The Hall–Kier alpha value is -0.0300. The molecule has 2 atom stereocenters. The largest absolute Gasteiger partial charge is 0.343 e. The van der Waals surface area contributed by atoms with Gasteiger partial charge in [-0.2, -0.15) is 0 Å². The van der Waals surface area contributed by atoms with Crippen LogP contribution in [0, 0.1) is 0 Å². The minimum Gasteiger partial charge on any atom is -0.343 e. The monoisotopic (exact) mass is 339 g/mol. The second-order valence-electron chi connectivity index (χ2n) is 6.22. The Bertz CT molecular complexity index is 297. The number of nitrogens with zero attached hydrogens (tertiary/aromatic N) is 2. The molecule has 0 spiro atoms.